The summed E-state index contributed by atoms with van der Waals surface area (Å²) < 4.78 is 3.55. The number of nitrogens with zero attached hydrogens (tertiary/aromatic N) is 3. The van der Waals surface area contributed by atoms with Gasteiger partial charge < -0.3 is 20.5 Å². The Hall–Kier alpha value is -4.11. The van der Waals surface area contributed by atoms with Crippen molar-refractivity contribution in [1.29, 1.82) is 0 Å². The lowest BCUT2D eigenvalue weighted by Crippen LogP contribution is -2.58. The van der Waals surface area contributed by atoms with Gasteiger partial charge in [0.15, 0.2) is 0 Å². The Kier molecular flexibility index (Phi) is 6.47. The molecule has 192 valence electrons. The zero-order valence-corrected chi connectivity index (χ0v) is 21.1. The van der Waals surface area contributed by atoms with Crippen LogP contribution in [0.3, 0.4) is 0 Å². The SMILES string of the molecule is CC(C)(N)C(=O)N[C@H](Cn1ccc2ccccc21)C(=O)N1CCc2[nH]n(Cc3ccccc3)c(=O)c2C1. The first-order valence-electron chi connectivity index (χ1n) is 12.5. The Labute approximate surface area is 214 Å². The van der Waals surface area contributed by atoms with E-state index in [4.69, 9.17) is 5.73 Å². The maximum atomic E-state index is 13.8. The number of para-hydroxylation sites is 1. The van der Waals surface area contributed by atoms with Crippen LogP contribution >= 0.6 is 0 Å². The van der Waals surface area contributed by atoms with Gasteiger partial charge >= 0.3 is 0 Å². The van der Waals surface area contributed by atoms with Gasteiger partial charge in [0.25, 0.3) is 5.56 Å². The van der Waals surface area contributed by atoms with Crippen molar-refractivity contribution in [2.75, 3.05) is 6.54 Å². The normalized spacial score (nSPS) is 14.4. The van der Waals surface area contributed by atoms with Crippen LogP contribution in [0.15, 0.2) is 71.7 Å². The first-order valence-corrected chi connectivity index (χ1v) is 12.5. The largest absolute Gasteiger partial charge is 0.345 e. The minimum Gasteiger partial charge on any atom is -0.345 e. The van der Waals surface area contributed by atoms with Crippen molar-refractivity contribution in [3.8, 4) is 0 Å². The number of aromatic amines is 1. The molecule has 5 rings (SSSR count). The maximum absolute atomic E-state index is 13.8. The number of rotatable bonds is 7. The molecule has 0 aliphatic carbocycles. The van der Waals surface area contributed by atoms with Gasteiger partial charge in [-0.2, -0.15) is 0 Å². The maximum Gasteiger partial charge on any atom is 0.272 e. The van der Waals surface area contributed by atoms with Crippen LogP contribution in [0, 0.1) is 0 Å². The molecule has 1 atom stereocenters. The van der Waals surface area contributed by atoms with Crippen molar-refractivity contribution in [3.63, 3.8) is 0 Å². The standard InChI is InChI=1S/C28H32N6O3/c1-28(2,29)27(37)30-23(18-32-14-12-20-10-6-7-11-24(20)32)26(36)33-15-13-22-21(17-33)25(35)34(31-22)16-19-8-4-3-5-9-19/h3-12,14,23,31H,13,15-18,29H2,1-2H3,(H,30,37)/t23-/m1/s1. The Morgan fingerprint density at radius 1 is 1.08 bits per heavy atom. The third-order valence-electron chi connectivity index (χ3n) is 6.86. The van der Waals surface area contributed by atoms with Crippen LogP contribution in [0.1, 0.15) is 30.7 Å². The molecule has 9 nitrogen and oxygen atoms in total. The third kappa shape index (κ3) is 5.08. The van der Waals surface area contributed by atoms with E-state index in [9.17, 15) is 14.4 Å². The fourth-order valence-corrected chi connectivity index (χ4v) is 4.77. The summed E-state index contributed by atoms with van der Waals surface area (Å²) in [5.41, 5.74) is 8.18. The van der Waals surface area contributed by atoms with Crippen LogP contribution in [-0.2, 0) is 35.6 Å². The lowest BCUT2D eigenvalue weighted by Gasteiger charge is -2.32. The van der Waals surface area contributed by atoms with Crippen LogP contribution in [0.5, 0.6) is 0 Å². The van der Waals surface area contributed by atoms with Gasteiger partial charge in [0, 0.05) is 30.4 Å². The molecule has 0 fully saturated rings. The minimum atomic E-state index is -1.14. The fraction of sp³-hybridized carbons (Fsp3) is 0.321. The highest BCUT2D eigenvalue weighted by Crippen LogP contribution is 2.19. The molecule has 37 heavy (non-hydrogen) atoms. The topological polar surface area (TPSA) is 118 Å². The summed E-state index contributed by atoms with van der Waals surface area (Å²) in [6.07, 6.45) is 2.45. The van der Waals surface area contributed by atoms with E-state index in [-0.39, 0.29) is 24.6 Å². The zero-order chi connectivity index (χ0) is 26.2. The van der Waals surface area contributed by atoms with E-state index in [1.807, 2.05) is 71.4 Å². The van der Waals surface area contributed by atoms with E-state index < -0.39 is 17.5 Å². The van der Waals surface area contributed by atoms with Crippen LogP contribution in [0.25, 0.3) is 10.9 Å². The van der Waals surface area contributed by atoms with Crippen LogP contribution in [0.4, 0.5) is 0 Å². The number of fused-ring (bicyclic) bond motifs is 2. The molecule has 1 aliphatic rings. The molecule has 9 heteroatoms. The number of nitrogens with two attached hydrogens (primary N) is 1. The number of hydrogen-bond acceptors (Lipinski definition) is 4. The van der Waals surface area contributed by atoms with Gasteiger partial charge in [-0.05, 0) is 36.9 Å². The van der Waals surface area contributed by atoms with Gasteiger partial charge in [0.2, 0.25) is 11.8 Å². The third-order valence-corrected chi connectivity index (χ3v) is 6.86. The summed E-state index contributed by atoms with van der Waals surface area (Å²) in [5.74, 6) is -0.650. The van der Waals surface area contributed by atoms with Crippen LogP contribution < -0.4 is 16.6 Å². The Morgan fingerprint density at radius 2 is 1.81 bits per heavy atom. The molecule has 4 N–H and O–H groups in total. The summed E-state index contributed by atoms with van der Waals surface area (Å²) in [5, 5.41) is 7.14. The molecule has 0 radical (unpaired) electrons. The molecule has 1 aliphatic heterocycles. The molecule has 2 aromatic carbocycles. The Bertz CT molecular complexity index is 1490. The van der Waals surface area contributed by atoms with Crippen molar-refractivity contribution >= 4 is 22.7 Å². The van der Waals surface area contributed by atoms with Crippen LogP contribution in [0.2, 0.25) is 0 Å². The number of amides is 2. The summed E-state index contributed by atoms with van der Waals surface area (Å²) in [7, 11) is 0. The second kappa shape index (κ2) is 9.74. The van der Waals surface area contributed by atoms with Gasteiger partial charge in [-0.1, -0.05) is 48.5 Å². The van der Waals surface area contributed by atoms with E-state index in [1.54, 1.807) is 23.4 Å². The Balaban J connectivity index is 1.39. The molecule has 0 bridgehead atoms. The van der Waals surface area contributed by atoms with Crippen molar-refractivity contribution in [1.82, 2.24) is 24.6 Å². The smallest absolute Gasteiger partial charge is 0.272 e. The number of carbonyl (C=O) groups is 2. The molecule has 3 heterocycles. The van der Waals surface area contributed by atoms with Crippen molar-refractivity contribution in [2.45, 2.75) is 51.5 Å². The summed E-state index contributed by atoms with van der Waals surface area (Å²) >= 11 is 0. The number of carbonyl (C=O) groups excluding carboxylic acids is 2. The van der Waals surface area contributed by atoms with Crippen molar-refractivity contribution in [2.24, 2.45) is 5.73 Å². The quantitative estimate of drug-likeness (QED) is 0.360. The number of nitrogens with one attached hydrogen (secondary N) is 2. The molecule has 2 aromatic heterocycles. The van der Waals surface area contributed by atoms with E-state index >= 15 is 0 Å². The highest BCUT2D eigenvalue weighted by molar-refractivity contribution is 5.91. The van der Waals surface area contributed by atoms with E-state index in [0.29, 0.717) is 25.1 Å². The number of benzene rings is 2. The highest BCUT2D eigenvalue weighted by atomic mass is 16.2. The summed E-state index contributed by atoms with van der Waals surface area (Å²) in [6, 6.07) is 18.8. The second-order valence-electron chi connectivity index (χ2n) is 10.2. The average molecular weight is 501 g/mol. The molecule has 0 spiro atoms. The predicted octanol–water partition coefficient (Wildman–Crippen LogP) is 1.99. The lowest BCUT2D eigenvalue weighted by atomic mass is 10.0. The highest BCUT2D eigenvalue weighted by Gasteiger charge is 2.33. The van der Waals surface area contributed by atoms with Gasteiger partial charge in [0.1, 0.15) is 6.04 Å². The number of aromatic nitrogens is 3. The second-order valence-corrected chi connectivity index (χ2v) is 10.2. The van der Waals surface area contributed by atoms with Gasteiger partial charge in [-0.25, -0.2) is 4.68 Å². The molecule has 0 saturated carbocycles. The number of H-pyrrole nitrogens is 1. The Morgan fingerprint density at radius 3 is 2.57 bits per heavy atom. The lowest BCUT2D eigenvalue weighted by molar-refractivity contribution is -0.138. The monoisotopic (exact) mass is 500 g/mol. The first kappa shape index (κ1) is 24.6. The van der Waals surface area contributed by atoms with Gasteiger partial charge in [-0.3, -0.25) is 19.5 Å². The molecule has 4 aromatic rings. The average Bonchev–Trinajstić information content (AvgIpc) is 3.43. The summed E-state index contributed by atoms with van der Waals surface area (Å²) in [4.78, 5) is 41.4. The zero-order valence-electron chi connectivity index (χ0n) is 21.1. The predicted molar refractivity (Wildman–Crippen MR) is 142 cm³/mol. The number of hydrogen-bond donors (Lipinski definition) is 3. The molecular weight excluding hydrogens is 468 g/mol. The van der Waals surface area contributed by atoms with E-state index in [0.717, 1.165) is 22.2 Å². The van der Waals surface area contributed by atoms with Crippen LogP contribution in [-0.4, -0.2) is 49.2 Å². The minimum absolute atomic E-state index is 0.128. The molecule has 2 amide bonds. The molecular formula is C28H32N6O3. The van der Waals surface area contributed by atoms with E-state index in [2.05, 4.69) is 10.4 Å². The van der Waals surface area contributed by atoms with Crippen molar-refractivity contribution < 1.29 is 9.59 Å². The molecule has 0 saturated heterocycles. The van der Waals surface area contributed by atoms with Crippen molar-refractivity contribution in [3.05, 3.63) is 94.0 Å². The first-order chi connectivity index (χ1) is 17.7. The fourth-order valence-electron chi connectivity index (χ4n) is 4.77. The molecule has 0 unspecified atom stereocenters. The van der Waals surface area contributed by atoms with Gasteiger partial charge in [-0.15, -0.1) is 0 Å². The van der Waals surface area contributed by atoms with E-state index in [1.165, 1.54) is 0 Å². The van der Waals surface area contributed by atoms with Gasteiger partial charge in [0.05, 0.1) is 30.7 Å². The summed E-state index contributed by atoms with van der Waals surface area (Å²) in [6.45, 7) is 4.54.